The van der Waals surface area contributed by atoms with Crippen molar-refractivity contribution in [2.45, 2.75) is 6.54 Å². The standard InChI is InChI=1S/C28H17Cl2N3O4S/c29-17-8-10-21(23(30)13-17)24-11-9-19(37-24)14-25-27(35)33(18-5-2-1-3-6-18)28(38-25)22(15-31)26(34)32-16-20-7-4-12-36-20/h1-14H,16H2,(H,32,34). The number of furan rings is 2. The number of benzene rings is 2. The number of para-hydroxylation sites is 1. The fourth-order valence-electron chi connectivity index (χ4n) is 3.72. The summed E-state index contributed by atoms with van der Waals surface area (Å²) in [6.07, 6.45) is 3.06. The van der Waals surface area contributed by atoms with Crippen LogP contribution in [0, 0.1) is 11.3 Å². The van der Waals surface area contributed by atoms with Crippen LogP contribution < -0.4 is 20.1 Å². The number of hydrogen-bond acceptors (Lipinski definition) is 6. The van der Waals surface area contributed by atoms with E-state index < -0.39 is 11.5 Å². The van der Waals surface area contributed by atoms with Gasteiger partial charge in [-0.15, -0.1) is 11.3 Å². The number of carbonyl (C=O) groups excluding carboxylic acids is 1. The molecule has 7 nitrogen and oxygen atoms in total. The highest BCUT2D eigenvalue weighted by Gasteiger charge is 2.17. The largest absolute Gasteiger partial charge is 0.467 e. The number of nitriles is 1. The fraction of sp³-hybridized carbons (Fsp3) is 0.0357. The van der Waals surface area contributed by atoms with E-state index >= 15 is 0 Å². The number of thiazole rings is 1. The van der Waals surface area contributed by atoms with Gasteiger partial charge in [0.25, 0.3) is 11.5 Å². The van der Waals surface area contributed by atoms with Crippen LogP contribution >= 0.6 is 34.5 Å². The molecule has 0 saturated carbocycles. The minimum absolute atomic E-state index is 0.0966. The predicted octanol–water partition coefficient (Wildman–Crippen LogP) is 4.88. The Bertz CT molecular complexity index is 1850. The number of nitrogens with one attached hydrogen (secondary N) is 1. The van der Waals surface area contributed by atoms with Gasteiger partial charge in [0, 0.05) is 16.7 Å². The number of hydrogen-bond donors (Lipinski definition) is 1. The molecule has 0 saturated heterocycles. The molecule has 0 atom stereocenters. The second-order valence-electron chi connectivity index (χ2n) is 7.97. The summed E-state index contributed by atoms with van der Waals surface area (Å²) in [5.41, 5.74) is 0.571. The van der Waals surface area contributed by atoms with Crippen molar-refractivity contribution in [3.63, 3.8) is 0 Å². The Labute approximate surface area is 230 Å². The molecule has 0 bridgehead atoms. The van der Waals surface area contributed by atoms with Crippen molar-refractivity contribution in [1.82, 2.24) is 9.88 Å². The van der Waals surface area contributed by atoms with Gasteiger partial charge in [-0.3, -0.25) is 14.2 Å². The molecule has 0 spiro atoms. The molecule has 0 fully saturated rings. The summed E-state index contributed by atoms with van der Waals surface area (Å²) in [5, 5.41) is 13.5. The van der Waals surface area contributed by atoms with Gasteiger partial charge in [-0.2, -0.15) is 5.26 Å². The van der Waals surface area contributed by atoms with Gasteiger partial charge in [0.1, 0.15) is 28.0 Å². The van der Waals surface area contributed by atoms with Crippen LogP contribution in [0.4, 0.5) is 0 Å². The van der Waals surface area contributed by atoms with Gasteiger partial charge in [-0.25, -0.2) is 0 Å². The summed E-state index contributed by atoms with van der Waals surface area (Å²) >= 11 is 13.3. The predicted molar refractivity (Wildman–Crippen MR) is 146 cm³/mol. The molecule has 0 radical (unpaired) electrons. The quantitative estimate of drug-likeness (QED) is 0.318. The lowest BCUT2D eigenvalue weighted by atomic mass is 10.2. The van der Waals surface area contributed by atoms with Crippen molar-refractivity contribution < 1.29 is 13.6 Å². The van der Waals surface area contributed by atoms with Gasteiger partial charge in [-0.1, -0.05) is 41.4 Å². The molecule has 0 unspecified atom stereocenters. The summed E-state index contributed by atoms with van der Waals surface area (Å²) < 4.78 is 13.0. The maximum Gasteiger partial charge on any atom is 0.273 e. The van der Waals surface area contributed by atoms with Crippen LogP contribution in [0.15, 0.2) is 92.7 Å². The van der Waals surface area contributed by atoms with Crippen LogP contribution in [0.1, 0.15) is 11.5 Å². The van der Waals surface area contributed by atoms with Crippen molar-refractivity contribution >= 4 is 52.1 Å². The molecule has 188 valence electrons. The van der Waals surface area contributed by atoms with E-state index in [1.54, 1.807) is 72.8 Å². The van der Waals surface area contributed by atoms with Crippen molar-refractivity contribution in [2.24, 2.45) is 0 Å². The summed E-state index contributed by atoms with van der Waals surface area (Å²) in [4.78, 5) is 26.5. The van der Waals surface area contributed by atoms with Crippen LogP contribution in [-0.2, 0) is 11.3 Å². The van der Waals surface area contributed by atoms with E-state index in [0.717, 1.165) is 11.3 Å². The first-order chi connectivity index (χ1) is 18.4. The summed E-state index contributed by atoms with van der Waals surface area (Å²) in [7, 11) is 0. The Morgan fingerprint density at radius 3 is 2.61 bits per heavy atom. The Morgan fingerprint density at radius 1 is 1.08 bits per heavy atom. The zero-order valence-corrected chi connectivity index (χ0v) is 21.8. The molecular weight excluding hydrogens is 545 g/mol. The Kier molecular flexibility index (Phi) is 7.33. The molecule has 38 heavy (non-hydrogen) atoms. The number of carbonyl (C=O) groups is 1. The van der Waals surface area contributed by atoms with Crippen molar-refractivity contribution in [3.05, 3.63) is 120 Å². The van der Waals surface area contributed by atoms with Gasteiger partial charge in [0.05, 0.1) is 28.1 Å². The zero-order chi connectivity index (χ0) is 26.6. The molecule has 0 aliphatic rings. The van der Waals surface area contributed by atoms with E-state index in [0.29, 0.717) is 38.6 Å². The average Bonchev–Trinajstić information content (AvgIpc) is 3.66. The van der Waals surface area contributed by atoms with Gasteiger partial charge in [0.15, 0.2) is 5.57 Å². The zero-order valence-electron chi connectivity index (χ0n) is 19.5. The number of aromatic nitrogens is 1. The monoisotopic (exact) mass is 561 g/mol. The molecule has 2 aromatic carbocycles. The molecule has 10 heteroatoms. The summed E-state index contributed by atoms with van der Waals surface area (Å²) in [6.45, 7) is 0.0966. The molecule has 5 rings (SSSR count). The van der Waals surface area contributed by atoms with Crippen LogP contribution in [0.2, 0.25) is 10.0 Å². The Hall–Kier alpha value is -4.29. The third kappa shape index (κ3) is 5.22. The molecule has 1 N–H and O–H groups in total. The van der Waals surface area contributed by atoms with Crippen molar-refractivity contribution in [2.75, 3.05) is 0 Å². The smallest absolute Gasteiger partial charge is 0.273 e. The van der Waals surface area contributed by atoms with E-state index in [2.05, 4.69) is 5.32 Å². The minimum atomic E-state index is -0.626. The lowest BCUT2D eigenvalue weighted by Gasteiger charge is -2.04. The van der Waals surface area contributed by atoms with Crippen molar-refractivity contribution in [1.29, 1.82) is 5.26 Å². The second-order valence-corrected chi connectivity index (χ2v) is 9.84. The van der Waals surface area contributed by atoms with Gasteiger partial charge >= 0.3 is 0 Å². The number of nitrogens with zero attached hydrogens (tertiary/aromatic N) is 2. The number of rotatable bonds is 6. The maximum atomic E-state index is 13.5. The Balaban J connectivity index is 1.62. The van der Waals surface area contributed by atoms with Crippen molar-refractivity contribution in [3.8, 4) is 23.1 Å². The summed E-state index contributed by atoms with van der Waals surface area (Å²) in [6, 6.07) is 22.7. The third-order valence-electron chi connectivity index (χ3n) is 5.49. The van der Waals surface area contributed by atoms with E-state index in [-0.39, 0.29) is 21.3 Å². The van der Waals surface area contributed by atoms with Crippen LogP contribution in [0.3, 0.4) is 0 Å². The van der Waals surface area contributed by atoms with Gasteiger partial charge in [-0.05, 0) is 54.6 Å². The topological polar surface area (TPSA) is 101 Å². The minimum Gasteiger partial charge on any atom is -0.467 e. The molecule has 1 amide bonds. The highest BCUT2D eigenvalue weighted by atomic mass is 35.5. The first-order valence-electron chi connectivity index (χ1n) is 11.2. The maximum absolute atomic E-state index is 13.5. The molecule has 3 aromatic heterocycles. The molecule has 0 aliphatic carbocycles. The van der Waals surface area contributed by atoms with E-state index in [4.69, 9.17) is 32.0 Å². The normalized spacial score (nSPS) is 12.3. The molecule has 5 aromatic rings. The Morgan fingerprint density at radius 2 is 1.89 bits per heavy atom. The SMILES string of the molecule is N#CC(C(=O)NCc1ccco1)=c1sc(=Cc2ccc(-c3ccc(Cl)cc3Cl)o2)c(=O)n1-c1ccccc1. The van der Waals surface area contributed by atoms with E-state index in [1.165, 1.54) is 10.8 Å². The number of amides is 1. The first-order valence-corrected chi connectivity index (χ1v) is 12.8. The van der Waals surface area contributed by atoms with E-state index in [9.17, 15) is 14.9 Å². The lowest BCUT2D eigenvalue weighted by Crippen LogP contribution is -2.33. The van der Waals surface area contributed by atoms with E-state index in [1.807, 2.05) is 12.1 Å². The van der Waals surface area contributed by atoms with Crippen LogP contribution in [-0.4, -0.2) is 10.5 Å². The first kappa shape index (κ1) is 25.4. The molecule has 0 aliphatic heterocycles. The second kappa shape index (κ2) is 11.0. The lowest BCUT2D eigenvalue weighted by molar-refractivity contribution is -0.115. The highest BCUT2D eigenvalue weighted by Crippen LogP contribution is 2.31. The highest BCUT2D eigenvalue weighted by molar-refractivity contribution is 7.07. The van der Waals surface area contributed by atoms with Crippen LogP contribution in [0.25, 0.3) is 28.7 Å². The molecule has 3 heterocycles. The van der Waals surface area contributed by atoms with Gasteiger partial charge < -0.3 is 14.2 Å². The fourth-order valence-corrected chi connectivity index (χ4v) is 5.30. The van der Waals surface area contributed by atoms with Crippen LogP contribution in [0.5, 0.6) is 0 Å². The number of halogens is 2. The third-order valence-corrected chi connectivity index (χ3v) is 7.13. The summed E-state index contributed by atoms with van der Waals surface area (Å²) in [5.74, 6) is 0.807. The van der Waals surface area contributed by atoms with Gasteiger partial charge in [0.2, 0.25) is 0 Å². The average molecular weight is 562 g/mol. The molecular formula is C28H17Cl2N3O4S.